The molecule has 3 rings (SSSR count). The van der Waals surface area contributed by atoms with Gasteiger partial charge in [-0.1, -0.05) is 36.4 Å². The zero-order valence-electron chi connectivity index (χ0n) is 14.3. The number of para-hydroxylation sites is 2. The molecule has 0 aliphatic heterocycles. The van der Waals surface area contributed by atoms with E-state index in [1.54, 1.807) is 6.92 Å². The summed E-state index contributed by atoms with van der Waals surface area (Å²) in [7, 11) is 0. The van der Waals surface area contributed by atoms with Crippen LogP contribution in [0.1, 0.15) is 24.1 Å². The van der Waals surface area contributed by atoms with Crippen LogP contribution < -0.4 is 10.6 Å². The molecule has 1 aromatic heterocycles. The van der Waals surface area contributed by atoms with Crippen LogP contribution in [0.3, 0.4) is 0 Å². The lowest BCUT2D eigenvalue weighted by Crippen LogP contribution is -2.24. The molecule has 1 atom stereocenters. The predicted molar refractivity (Wildman–Crippen MR) is 98.3 cm³/mol. The molecular formula is C19H21N5O. The largest absolute Gasteiger partial charge is 0.379 e. The number of hydrogen-bond acceptors (Lipinski definition) is 4. The van der Waals surface area contributed by atoms with Crippen molar-refractivity contribution in [2.24, 2.45) is 0 Å². The van der Waals surface area contributed by atoms with Crippen LogP contribution in [0.15, 0.2) is 61.2 Å². The third kappa shape index (κ3) is 4.03. The minimum atomic E-state index is -0.438. The van der Waals surface area contributed by atoms with E-state index in [9.17, 15) is 4.79 Å². The number of nitrogens with zero attached hydrogens (tertiary/aromatic N) is 3. The van der Waals surface area contributed by atoms with Crippen molar-refractivity contribution in [2.75, 3.05) is 10.6 Å². The molecule has 6 nitrogen and oxygen atoms in total. The second-order valence-electron chi connectivity index (χ2n) is 5.87. The van der Waals surface area contributed by atoms with E-state index < -0.39 is 6.04 Å². The van der Waals surface area contributed by atoms with Gasteiger partial charge in [-0.2, -0.15) is 5.10 Å². The molecule has 0 bridgehead atoms. The molecular weight excluding hydrogens is 314 g/mol. The highest BCUT2D eigenvalue weighted by Crippen LogP contribution is 2.23. The summed E-state index contributed by atoms with van der Waals surface area (Å²) >= 11 is 0. The molecule has 128 valence electrons. The van der Waals surface area contributed by atoms with E-state index in [4.69, 9.17) is 0 Å². The van der Waals surface area contributed by atoms with Crippen molar-refractivity contribution in [3.8, 4) is 0 Å². The first kappa shape index (κ1) is 16.7. The first-order chi connectivity index (χ1) is 12.1. The molecule has 2 aromatic carbocycles. The van der Waals surface area contributed by atoms with Crippen LogP contribution in [0.25, 0.3) is 0 Å². The average molecular weight is 335 g/mol. The highest BCUT2D eigenvalue weighted by molar-refractivity contribution is 5.96. The molecule has 0 aliphatic carbocycles. The molecule has 0 aliphatic rings. The van der Waals surface area contributed by atoms with Gasteiger partial charge in [0.15, 0.2) is 0 Å². The molecule has 0 radical (unpaired) electrons. The Bertz CT molecular complexity index is 845. The van der Waals surface area contributed by atoms with Crippen molar-refractivity contribution in [2.45, 2.75) is 26.4 Å². The topological polar surface area (TPSA) is 71.8 Å². The quantitative estimate of drug-likeness (QED) is 0.724. The van der Waals surface area contributed by atoms with Gasteiger partial charge in [0.25, 0.3) is 0 Å². The van der Waals surface area contributed by atoms with Gasteiger partial charge in [-0.25, -0.2) is 9.67 Å². The van der Waals surface area contributed by atoms with E-state index in [2.05, 4.69) is 39.8 Å². The summed E-state index contributed by atoms with van der Waals surface area (Å²) in [6.45, 7) is 4.57. The van der Waals surface area contributed by atoms with Gasteiger partial charge >= 0.3 is 0 Å². The van der Waals surface area contributed by atoms with Crippen LogP contribution in [0.2, 0.25) is 0 Å². The van der Waals surface area contributed by atoms with E-state index in [0.29, 0.717) is 6.54 Å². The van der Waals surface area contributed by atoms with E-state index >= 15 is 0 Å². The Morgan fingerprint density at radius 3 is 2.56 bits per heavy atom. The maximum atomic E-state index is 12.5. The molecule has 2 N–H and O–H groups in total. The van der Waals surface area contributed by atoms with Crippen molar-refractivity contribution in [1.82, 2.24) is 14.8 Å². The number of amides is 1. The Hall–Kier alpha value is -3.15. The van der Waals surface area contributed by atoms with Gasteiger partial charge in [0.1, 0.15) is 18.7 Å². The summed E-state index contributed by atoms with van der Waals surface area (Å²) in [4.78, 5) is 16.3. The number of anilines is 2. The summed E-state index contributed by atoms with van der Waals surface area (Å²) in [5, 5.41) is 10.4. The fourth-order valence-corrected chi connectivity index (χ4v) is 2.52. The average Bonchev–Trinajstić information content (AvgIpc) is 3.16. The molecule has 0 saturated carbocycles. The number of rotatable bonds is 6. The van der Waals surface area contributed by atoms with Gasteiger partial charge in [0.05, 0.1) is 11.4 Å². The van der Waals surface area contributed by atoms with Crippen LogP contribution in [0, 0.1) is 6.92 Å². The van der Waals surface area contributed by atoms with Crippen molar-refractivity contribution < 1.29 is 4.79 Å². The smallest absolute Gasteiger partial charge is 0.249 e. The second-order valence-corrected chi connectivity index (χ2v) is 5.87. The maximum absolute atomic E-state index is 12.5. The van der Waals surface area contributed by atoms with Gasteiger partial charge in [-0.3, -0.25) is 4.79 Å². The molecule has 1 unspecified atom stereocenters. The van der Waals surface area contributed by atoms with Crippen LogP contribution >= 0.6 is 0 Å². The first-order valence-electron chi connectivity index (χ1n) is 8.17. The van der Waals surface area contributed by atoms with E-state index in [0.717, 1.165) is 11.4 Å². The SMILES string of the molecule is Cc1ccccc1CNc1ccccc1NC(=O)C(C)n1cncn1. The maximum Gasteiger partial charge on any atom is 0.249 e. The number of aromatic nitrogens is 3. The second kappa shape index (κ2) is 7.61. The van der Waals surface area contributed by atoms with Gasteiger partial charge in [0, 0.05) is 6.54 Å². The van der Waals surface area contributed by atoms with Gasteiger partial charge in [0.2, 0.25) is 5.91 Å². The zero-order chi connectivity index (χ0) is 17.6. The first-order valence-corrected chi connectivity index (χ1v) is 8.17. The summed E-state index contributed by atoms with van der Waals surface area (Å²) in [6.07, 6.45) is 2.95. The zero-order valence-corrected chi connectivity index (χ0v) is 14.3. The predicted octanol–water partition coefficient (Wildman–Crippen LogP) is 3.40. The number of hydrogen-bond donors (Lipinski definition) is 2. The lowest BCUT2D eigenvalue weighted by atomic mass is 10.1. The summed E-state index contributed by atoms with van der Waals surface area (Å²) in [5.74, 6) is -0.143. The Balaban J connectivity index is 1.70. The monoisotopic (exact) mass is 335 g/mol. The normalized spacial score (nSPS) is 11.8. The molecule has 0 saturated heterocycles. The standard InChI is InChI=1S/C19H21N5O/c1-14-7-3-4-8-16(14)11-21-17-9-5-6-10-18(17)23-19(25)15(2)24-13-20-12-22-24/h3-10,12-13,15,21H,11H2,1-2H3,(H,23,25). The third-order valence-electron chi connectivity index (χ3n) is 4.13. The number of aryl methyl sites for hydroxylation is 1. The van der Waals surface area contributed by atoms with Crippen LogP contribution in [-0.2, 0) is 11.3 Å². The number of carbonyl (C=O) groups excluding carboxylic acids is 1. The molecule has 0 fully saturated rings. The van der Waals surface area contributed by atoms with E-state index in [-0.39, 0.29) is 5.91 Å². The van der Waals surface area contributed by atoms with Crippen molar-refractivity contribution in [3.63, 3.8) is 0 Å². The minimum absolute atomic E-state index is 0.143. The molecule has 25 heavy (non-hydrogen) atoms. The Kier molecular flexibility index (Phi) is 5.09. The minimum Gasteiger partial charge on any atom is -0.379 e. The lowest BCUT2D eigenvalue weighted by molar-refractivity contribution is -0.119. The van der Waals surface area contributed by atoms with Crippen molar-refractivity contribution in [1.29, 1.82) is 0 Å². The van der Waals surface area contributed by atoms with E-state index in [1.165, 1.54) is 28.5 Å². The Labute approximate surface area is 146 Å². The van der Waals surface area contributed by atoms with E-state index in [1.807, 2.05) is 36.4 Å². The molecule has 1 heterocycles. The number of carbonyl (C=O) groups is 1. The number of nitrogens with one attached hydrogen (secondary N) is 2. The van der Waals surface area contributed by atoms with Gasteiger partial charge < -0.3 is 10.6 Å². The van der Waals surface area contributed by atoms with Crippen LogP contribution in [0.5, 0.6) is 0 Å². The van der Waals surface area contributed by atoms with Gasteiger partial charge in [-0.15, -0.1) is 0 Å². The van der Waals surface area contributed by atoms with Crippen molar-refractivity contribution >= 4 is 17.3 Å². The fraction of sp³-hybridized carbons (Fsp3) is 0.211. The van der Waals surface area contributed by atoms with Crippen LogP contribution in [-0.4, -0.2) is 20.7 Å². The Morgan fingerprint density at radius 1 is 1.12 bits per heavy atom. The lowest BCUT2D eigenvalue weighted by Gasteiger charge is -2.16. The summed E-state index contributed by atoms with van der Waals surface area (Å²) < 4.78 is 1.53. The summed E-state index contributed by atoms with van der Waals surface area (Å²) in [6, 6.07) is 15.5. The third-order valence-corrected chi connectivity index (χ3v) is 4.13. The van der Waals surface area contributed by atoms with Crippen molar-refractivity contribution in [3.05, 3.63) is 72.3 Å². The summed E-state index contributed by atoms with van der Waals surface area (Å²) in [5.41, 5.74) is 4.08. The van der Waals surface area contributed by atoms with Gasteiger partial charge in [-0.05, 0) is 37.1 Å². The molecule has 0 spiro atoms. The highest BCUT2D eigenvalue weighted by Gasteiger charge is 2.16. The molecule has 3 aromatic rings. The molecule has 1 amide bonds. The Morgan fingerprint density at radius 2 is 1.84 bits per heavy atom. The number of benzene rings is 2. The fourth-order valence-electron chi connectivity index (χ4n) is 2.52. The molecule has 6 heteroatoms. The van der Waals surface area contributed by atoms with Crippen LogP contribution in [0.4, 0.5) is 11.4 Å². The highest BCUT2D eigenvalue weighted by atomic mass is 16.2.